The van der Waals surface area contributed by atoms with Crippen LogP contribution in [0.2, 0.25) is 0 Å². The Morgan fingerprint density at radius 1 is 0.529 bits per heavy atom. The van der Waals surface area contributed by atoms with Crippen LogP contribution in [-0.2, 0) is 46.5 Å². The van der Waals surface area contributed by atoms with Crippen molar-refractivity contribution < 1.29 is 85.0 Å². The monoisotopic (exact) mass is 1940 g/mol. The van der Waals surface area contributed by atoms with Crippen molar-refractivity contribution in [1.29, 1.82) is 0 Å². The minimum atomic E-state index is -1.17. The molecule has 0 spiro atoms. The lowest BCUT2D eigenvalue weighted by Gasteiger charge is -2.34. The number of rotatable bonds is 25. The van der Waals surface area contributed by atoms with Gasteiger partial charge >= 0.3 is 18.2 Å². The normalized spacial score (nSPS) is 19.2. The number of carbonyl (C=O) groups excluding carboxylic acids is 7. The van der Waals surface area contributed by atoms with Crippen LogP contribution in [0.4, 0.5) is 43.3 Å². The standard InChI is InChI=1S/C49H53F2N9O6.C27H34ClN3O7.C27H28F2N6O/c1-49(64,16-4-24-66-37-9-7-35(8-10-37)58-20-21-59(48(58)63)44-11-12-45(61)55-47(44)62)15-3-17-56-18-13-36(14-19-56)60-31-34(29-53-60)43-30-52-42-6-2-5-38(46(42)54-43)33-27-40(50)39(41(51)28-33)32-57-22-25-65-26-23-57;1-26(2,3)38-25(35)31-22(32)12-11-21(23(31)33)30-17-16-29(24(30)34)19-7-9-20(10-8-19)37-18-6-14-27(4,36)13-5-15-28;28-23-12-18(13-24(29)22(23)17-34-8-10-36-11-9-34)21-2-1-3-25-27(21)33-26(15-31-25)19-14-32-35(16-19)20-4-6-30-7-5-20/h2,5-10,27-31,36,44,64H,3,11-15,17-26,32H2,1H3,(H,55,61,62);7-10,21,36H,5,11-13,15-18H2,1-4H3;1-3,12-16,20,30H,4-11,17H2. The summed E-state index contributed by atoms with van der Waals surface area (Å²) in [6.07, 6.45) is 16.9. The van der Waals surface area contributed by atoms with Crippen LogP contribution in [0.3, 0.4) is 0 Å². The molecule has 10 aromatic rings. The molecule has 8 aliphatic heterocycles. The molecular weight excluding hydrogens is 1820 g/mol. The number of alkyl halides is 1. The number of benzene rings is 6. The van der Waals surface area contributed by atoms with Crippen molar-refractivity contribution in [2.45, 2.75) is 166 Å². The molecule has 12 heterocycles. The minimum absolute atomic E-state index is 0.0451. The number of imide groups is 4. The number of aromatic nitrogens is 8. The van der Waals surface area contributed by atoms with E-state index in [1.165, 1.54) is 39.0 Å². The lowest BCUT2D eigenvalue weighted by Crippen LogP contribution is -2.57. The molecule has 736 valence electrons. The van der Waals surface area contributed by atoms with Gasteiger partial charge in [0.15, 0.2) is 0 Å². The first-order valence-corrected chi connectivity index (χ1v) is 48.2. The van der Waals surface area contributed by atoms with E-state index in [2.05, 4.69) is 54.3 Å². The average Bonchev–Trinajstić information content (AvgIpc) is 1.27. The maximum atomic E-state index is 15.4. The quantitative estimate of drug-likeness (QED) is 0.0179. The van der Waals surface area contributed by atoms with Crippen molar-refractivity contribution >= 4 is 86.8 Å². The van der Waals surface area contributed by atoms with Gasteiger partial charge < -0.3 is 53.9 Å². The van der Waals surface area contributed by atoms with Crippen molar-refractivity contribution in [1.82, 2.24) is 79.5 Å². The molecule has 4 aromatic heterocycles. The molecule has 6 aromatic carbocycles. The van der Waals surface area contributed by atoms with Gasteiger partial charge in [-0.2, -0.15) is 15.1 Å². The number of nitrogens with zero attached hydrogens (tertiary/aromatic N) is 16. The molecule has 0 radical (unpaired) electrons. The summed E-state index contributed by atoms with van der Waals surface area (Å²) in [5.41, 5.74) is 5.77. The first kappa shape index (κ1) is 100. The van der Waals surface area contributed by atoms with Crippen LogP contribution in [0, 0.1) is 47.0 Å². The molecule has 32 nitrogen and oxygen atoms in total. The maximum absolute atomic E-state index is 15.4. The number of carbonyl (C=O) groups is 7. The summed E-state index contributed by atoms with van der Waals surface area (Å²) in [4.78, 5) is 120. The van der Waals surface area contributed by atoms with Crippen LogP contribution in [0.15, 0.2) is 146 Å². The fraction of sp³-hybridized carbons (Fsp3) is 0.447. The number of likely N-dealkylation sites (tertiary alicyclic amines) is 2. The fourth-order valence-corrected chi connectivity index (χ4v) is 18.6. The molecule has 9 amide bonds. The third-order valence-corrected chi connectivity index (χ3v) is 26.3. The van der Waals surface area contributed by atoms with Crippen molar-refractivity contribution in [3.63, 3.8) is 0 Å². The fourth-order valence-electron chi connectivity index (χ4n) is 18.4. The second-order valence-corrected chi connectivity index (χ2v) is 37.8. The number of para-hydroxylation sites is 2. The summed E-state index contributed by atoms with van der Waals surface area (Å²) in [5.74, 6) is 8.62. The molecule has 0 saturated carbocycles. The number of hydrogen-bond acceptors (Lipinski definition) is 24. The molecule has 4 N–H and O–H groups in total. The number of ether oxygens (including phenoxy) is 5. The van der Waals surface area contributed by atoms with Gasteiger partial charge in [-0.3, -0.25) is 63.4 Å². The molecule has 140 heavy (non-hydrogen) atoms. The molecule has 8 fully saturated rings. The Balaban J connectivity index is 0.000000163. The molecule has 37 heteroatoms. The summed E-state index contributed by atoms with van der Waals surface area (Å²) in [6.45, 7) is 19.7. The van der Waals surface area contributed by atoms with Gasteiger partial charge in [0.25, 0.3) is 5.91 Å². The number of aliphatic hydroxyl groups is 2. The zero-order chi connectivity index (χ0) is 98.4. The Morgan fingerprint density at radius 2 is 0.986 bits per heavy atom. The third-order valence-electron chi connectivity index (χ3n) is 26.0. The van der Waals surface area contributed by atoms with E-state index in [1.807, 2.05) is 68.0 Å². The number of anilines is 2. The summed E-state index contributed by atoms with van der Waals surface area (Å²) < 4.78 is 92.4. The lowest BCUT2D eigenvalue weighted by molar-refractivity contribution is -0.150. The van der Waals surface area contributed by atoms with Gasteiger partial charge in [0.1, 0.15) is 76.9 Å². The first-order chi connectivity index (χ1) is 67.5. The largest absolute Gasteiger partial charge is 0.481 e. The highest BCUT2D eigenvalue weighted by Gasteiger charge is 2.48. The topological polar surface area (TPSA) is 343 Å². The van der Waals surface area contributed by atoms with E-state index in [0.717, 1.165) is 76.0 Å². The highest BCUT2D eigenvalue weighted by atomic mass is 35.5. The molecule has 8 saturated heterocycles. The Labute approximate surface area is 813 Å². The summed E-state index contributed by atoms with van der Waals surface area (Å²) in [7, 11) is 0. The maximum Gasteiger partial charge on any atom is 0.424 e. The van der Waals surface area contributed by atoms with Gasteiger partial charge in [-0.15, -0.1) is 11.6 Å². The Hall–Kier alpha value is -12.9. The average molecular weight is 1940 g/mol. The van der Waals surface area contributed by atoms with E-state index in [4.69, 9.17) is 50.4 Å². The van der Waals surface area contributed by atoms with Gasteiger partial charge in [-0.05, 0) is 215 Å². The van der Waals surface area contributed by atoms with E-state index < -0.39 is 76.0 Å². The molecule has 0 aliphatic carbocycles. The van der Waals surface area contributed by atoms with Crippen molar-refractivity contribution in [3.8, 4) is 79.9 Å². The van der Waals surface area contributed by atoms with Crippen LogP contribution in [0.5, 0.6) is 11.5 Å². The molecule has 4 unspecified atom stereocenters. The number of fused-ring (bicyclic) bond motifs is 2. The highest BCUT2D eigenvalue weighted by Crippen LogP contribution is 2.38. The van der Waals surface area contributed by atoms with Crippen LogP contribution in [0.25, 0.3) is 66.8 Å². The van der Waals surface area contributed by atoms with E-state index in [-0.39, 0.29) is 87.2 Å². The highest BCUT2D eigenvalue weighted by molar-refractivity contribution is 6.17. The van der Waals surface area contributed by atoms with Crippen molar-refractivity contribution in [2.24, 2.45) is 0 Å². The van der Waals surface area contributed by atoms with Gasteiger partial charge in [0.05, 0.1) is 96.8 Å². The zero-order valence-electron chi connectivity index (χ0n) is 79.0. The zero-order valence-corrected chi connectivity index (χ0v) is 79.8. The molecular formula is C103H115ClF4N18O14. The smallest absolute Gasteiger partial charge is 0.424 e. The van der Waals surface area contributed by atoms with E-state index in [0.29, 0.717) is 193 Å². The number of amides is 9. The molecule has 18 rings (SSSR count). The Bertz CT molecular complexity index is 6250. The van der Waals surface area contributed by atoms with Crippen LogP contribution >= 0.6 is 11.6 Å². The summed E-state index contributed by atoms with van der Waals surface area (Å²) in [6, 6.07) is 28.8. The van der Waals surface area contributed by atoms with E-state index in [1.54, 1.807) is 113 Å². The number of morpholine rings is 2. The number of halogens is 5. The Kier molecular flexibility index (Phi) is 32.3. The second-order valence-electron chi connectivity index (χ2n) is 37.4. The minimum Gasteiger partial charge on any atom is -0.481 e. The van der Waals surface area contributed by atoms with Crippen LogP contribution < -0.4 is 29.9 Å². The SMILES string of the molecule is CC(O)(C#CCOc1ccc(N2CCN(C3CCC(=O)N(C(=O)OC(C)(C)C)C3=O)C2=O)cc1)CCCCl.CC(O)(C#CCOc1ccc(N2CCN(C3CCC(=O)NC3=O)C2=O)cc1)CCCN1CCC(n2cc(-c3cnc4cccc(-c5cc(F)c(CN6CCOCC6)c(F)c5)c4n3)cn2)CC1.Fc1cc(-c2cccc3ncc(-c4cnn(C5CCNCC5)c4)nc23)cc(F)c1CN1CCOCC1. The third kappa shape index (κ3) is 24.9. The number of piperidine rings is 4. The molecule has 8 aliphatic rings. The van der Waals surface area contributed by atoms with Gasteiger partial charge in [-0.1, -0.05) is 47.9 Å². The first-order valence-electron chi connectivity index (χ1n) is 47.6. The van der Waals surface area contributed by atoms with Gasteiger partial charge in [0.2, 0.25) is 17.7 Å². The lowest BCUT2D eigenvalue weighted by atomic mass is 9.99. The summed E-state index contributed by atoms with van der Waals surface area (Å²) in [5, 5.41) is 36.1. The number of urea groups is 2. The van der Waals surface area contributed by atoms with Gasteiger partial charge in [0, 0.05) is 154 Å². The van der Waals surface area contributed by atoms with Crippen LogP contribution in [0.1, 0.15) is 135 Å². The Morgan fingerprint density at radius 3 is 1.45 bits per heavy atom. The van der Waals surface area contributed by atoms with Crippen LogP contribution in [-0.4, -0.2) is 280 Å². The number of hydrogen-bond donors (Lipinski definition) is 4. The van der Waals surface area contributed by atoms with Gasteiger partial charge in [-0.25, -0.2) is 41.9 Å². The van der Waals surface area contributed by atoms with Crippen molar-refractivity contribution in [2.75, 3.05) is 140 Å². The van der Waals surface area contributed by atoms with E-state index >= 15 is 17.6 Å². The van der Waals surface area contributed by atoms with Crippen molar-refractivity contribution in [3.05, 3.63) is 181 Å². The molecule has 0 bridgehead atoms. The second kappa shape index (κ2) is 45.1. The number of nitrogens with one attached hydrogen (secondary N) is 2. The predicted molar refractivity (Wildman–Crippen MR) is 516 cm³/mol. The van der Waals surface area contributed by atoms with E-state index in [9.17, 15) is 43.8 Å². The summed E-state index contributed by atoms with van der Waals surface area (Å²) >= 11 is 5.66. The predicted octanol–water partition coefficient (Wildman–Crippen LogP) is 13.3. The molecule has 4 atom stereocenters.